The van der Waals surface area contributed by atoms with Gasteiger partial charge in [0, 0.05) is 36.9 Å². The first-order valence-electron chi connectivity index (χ1n) is 10.5. The van der Waals surface area contributed by atoms with Crippen LogP contribution in [0.1, 0.15) is 67.5 Å². The molecule has 0 bridgehead atoms. The average molecular weight is 506 g/mol. The van der Waals surface area contributed by atoms with E-state index in [2.05, 4.69) is 20.3 Å². The minimum absolute atomic E-state index is 0.0301. The van der Waals surface area contributed by atoms with E-state index in [0.717, 1.165) is 17.4 Å². The number of aromatic nitrogens is 3. The van der Waals surface area contributed by atoms with Crippen LogP contribution in [0.25, 0.3) is 0 Å². The van der Waals surface area contributed by atoms with Gasteiger partial charge in [0.1, 0.15) is 23.7 Å². The van der Waals surface area contributed by atoms with E-state index in [4.69, 9.17) is 0 Å². The summed E-state index contributed by atoms with van der Waals surface area (Å²) in [4.78, 5) is 49.6. The zero-order chi connectivity index (χ0) is 25.3. The second-order valence-corrected chi connectivity index (χ2v) is 9.16. The summed E-state index contributed by atoms with van der Waals surface area (Å²) in [7, 11) is 0. The van der Waals surface area contributed by atoms with Gasteiger partial charge < -0.3 is 5.32 Å². The number of hydrogen-bond donors (Lipinski definition) is 1. The molecule has 0 aliphatic carbocycles. The lowest BCUT2D eigenvalue weighted by Gasteiger charge is -2.17. The summed E-state index contributed by atoms with van der Waals surface area (Å²) in [6, 6.07) is 2.45. The summed E-state index contributed by atoms with van der Waals surface area (Å²) < 4.78 is 52.3. The van der Waals surface area contributed by atoms with Gasteiger partial charge in [0.2, 0.25) is 5.91 Å². The van der Waals surface area contributed by atoms with E-state index < -0.39 is 23.3 Å². The molecule has 0 fully saturated rings. The van der Waals surface area contributed by atoms with Crippen LogP contribution in [0.4, 0.5) is 23.4 Å². The smallest absolute Gasteiger partial charge is 0.310 e. The first-order chi connectivity index (χ1) is 16.5. The van der Waals surface area contributed by atoms with Crippen molar-refractivity contribution < 1.29 is 31.9 Å². The Morgan fingerprint density at radius 2 is 1.91 bits per heavy atom. The number of nitrogens with one attached hydrogen (secondary N) is 1. The second-order valence-electron chi connectivity index (χ2n) is 8.10. The van der Waals surface area contributed by atoms with Crippen molar-refractivity contribution in [3.63, 3.8) is 0 Å². The largest absolute Gasteiger partial charge is 0.419 e. The van der Waals surface area contributed by atoms with Crippen LogP contribution >= 0.6 is 11.3 Å². The van der Waals surface area contributed by atoms with Crippen LogP contribution in [0.5, 0.6) is 0 Å². The first kappa shape index (κ1) is 24.6. The highest BCUT2D eigenvalue weighted by Crippen LogP contribution is 2.33. The van der Waals surface area contributed by atoms with Gasteiger partial charge in [-0.1, -0.05) is 13.0 Å². The van der Waals surface area contributed by atoms with E-state index in [0.29, 0.717) is 34.9 Å². The molecule has 12 heteroatoms. The maximum absolute atomic E-state index is 13.5. The number of hydrogen-bond acceptors (Lipinski definition) is 7. The number of halogens is 4. The van der Waals surface area contributed by atoms with Crippen molar-refractivity contribution in [1.29, 1.82) is 0 Å². The summed E-state index contributed by atoms with van der Waals surface area (Å²) in [5.74, 6) is -2.35. The number of amides is 1. The molecular weight excluding hydrogens is 488 g/mol. The fourth-order valence-corrected chi connectivity index (χ4v) is 4.62. The third-order valence-electron chi connectivity index (χ3n) is 5.48. The molecule has 2 aromatic heterocycles. The molecule has 1 atom stereocenters. The van der Waals surface area contributed by atoms with Gasteiger partial charge in [-0.2, -0.15) is 13.2 Å². The molecule has 35 heavy (non-hydrogen) atoms. The van der Waals surface area contributed by atoms with Crippen LogP contribution in [-0.4, -0.2) is 32.4 Å². The molecule has 0 saturated heterocycles. The van der Waals surface area contributed by atoms with Crippen LogP contribution < -0.4 is 5.32 Å². The van der Waals surface area contributed by atoms with Gasteiger partial charge in [0.25, 0.3) is 0 Å². The molecule has 3 aromatic rings. The van der Waals surface area contributed by atoms with Crippen molar-refractivity contribution >= 4 is 34.6 Å². The number of carbonyl (C=O) groups is 3. The third kappa shape index (κ3) is 5.42. The Hall–Kier alpha value is -3.54. The van der Waals surface area contributed by atoms with Crippen LogP contribution in [0, 0.1) is 5.82 Å². The molecule has 1 aromatic carbocycles. The average Bonchev–Trinajstić information content (AvgIpc) is 3.29. The van der Waals surface area contributed by atoms with Gasteiger partial charge in [-0.05, 0) is 24.1 Å². The summed E-state index contributed by atoms with van der Waals surface area (Å²) in [6.45, 7) is 1.76. The van der Waals surface area contributed by atoms with Crippen LogP contribution in [0.3, 0.4) is 0 Å². The van der Waals surface area contributed by atoms with Crippen LogP contribution in [0.2, 0.25) is 0 Å². The number of rotatable bonds is 7. The zero-order valence-corrected chi connectivity index (χ0v) is 19.1. The topological polar surface area (TPSA) is 102 Å². The number of nitrogens with zero attached hydrogens (tertiary/aromatic N) is 3. The molecule has 7 nitrogen and oxygen atoms in total. The first-order valence-corrected chi connectivity index (χ1v) is 11.4. The van der Waals surface area contributed by atoms with Crippen molar-refractivity contribution in [2.75, 3.05) is 5.32 Å². The van der Waals surface area contributed by atoms with E-state index in [-0.39, 0.29) is 53.0 Å². The molecule has 1 amide bonds. The molecule has 3 heterocycles. The Balaban J connectivity index is 1.44. The predicted octanol–water partition coefficient (Wildman–Crippen LogP) is 4.78. The number of alkyl halides is 3. The number of anilines is 1. The predicted molar refractivity (Wildman–Crippen MR) is 118 cm³/mol. The highest BCUT2D eigenvalue weighted by molar-refractivity contribution is 7.13. The molecule has 0 unspecified atom stereocenters. The van der Waals surface area contributed by atoms with E-state index in [1.54, 1.807) is 6.92 Å². The number of ketones is 2. The van der Waals surface area contributed by atoms with Gasteiger partial charge in [0.15, 0.2) is 11.6 Å². The summed E-state index contributed by atoms with van der Waals surface area (Å²) >= 11 is 1.05. The third-order valence-corrected chi connectivity index (χ3v) is 6.75. The Kier molecular flexibility index (Phi) is 6.75. The molecule has 1 aliphatic heterocycles. The molecule has 0 saturated carbocycles. The monoisotopic (exact) mass is 506 g/mol. The lowest BCUT2D eigenvalue weighted by molar-refractivity contribution is -0.140. The van der Waals surface area contributed by atoms with E-state index in [9.17, 15) is 31.9 Å². The maximum atomic E-state index is 13.5. The Morgan fingerprint density at radius 1 is 1.14 bits per heavy atom. The van der Waals surface area contributed by atoms with Crippen molar-refractivity contribution in [2.24, 2.45) is 0 Å². The zero-order valence-electron chi connectivity index (χ0n) is 18.3. The fraction of sp³-hybridized carbons (Fsp3) is 0.304. The summed E-state index contributed by atoms with van der Waals surface area (Å²) in [5.41, 5.74) is -0.586. The normalized spacial score (nSPS) is 14.3. The summed E-state index contributed by atoms with van der Waals surface area (Å²) in [6.07, 6.45) is -2.05. The number of fused-ring (bicyclic) bond motifs is 1. The van der Waals surface area contributed by atoms with Gasteiger partial charge in [-0.25, -0.2) is 19.3 Å². The molecule has 182 valence electrons. The minimum Gasteiger partial charge on any atom is -0.310 e. The molecule has 0 spiro atoms. The highest BCUT2D eigenvalue weighted by Gasteiger charge is 2.34. The molecule has 1 N–H and O–H groups in total. The fourth-order valence-electron chi connectivity index (χ4n) is 3.71. The quantitative estimate of drug-likeness (QED) is 0.366. The lowest BCUT2D eigenvalue weighted by atomic mass is 9.97. The number of thiazole rings is 1. The minimum atomic E-state index is -4.86. The Morgan fingerprint density at radius 3 is 2.66 bits per heavy atom. The molecular formula is C23H18F4N4O3S. The van der Waals surface area contributed by atoms with Gasteiger partial charge in [-0.3, -0.25) is 14.4 Å². The van der Waals surface area contributed by atoms with Crippen LogP contribution in [0.15, 0.2) is 30.7 Å². The lowest BCUT2D eigenvalue weighted by Crippen LogP contribution is -2.23. The highest BCUT2D eigenvalue weighted by atomic mass is 32.1. The van der Waals surface area contributed by atoms with E-state index in [1.165, 1.54) is 12.5 Å². The van der Waals surface area contributed by atoms with E-state index in [1.807, 2.05) is 0 Å². The Bertz CT molecular complexity index is 1320. The van der Waals surface area contributed by atoms with Crippen molar-refractivity contribution in [3.05, 3.63) is 68.8 Å². The standard InChI is InChI=1S/C23H18F4N4O3S/c1-11(6-17(33)20-13-3-5-19(34)31-21(13)30-10-29-20)22-28-9-18(35-22)16(32)8-12-2-4-15(24)14(7-12)23(25,26)27/h2,4,7,9-11H,3,5-6,8H2,1H3,(H,29,30,31,34)/t11-/m0/s1. The van der Waals surface area contributed by atoms with Gasteiger partial charge in [-0.15, -0.1) is 11.3 Å². The van der Waals surface area contributed by atoms with Crippen molar-refractivity contribution in [1.82, 2.24) is 15.0 Å². The van der Waals surface area contributed by atoms with Gasteiger partial charge >= 0.3 is 6.18 Å². The van der Waals surface area contributed by atoms with Crippen molar-refractivity contribution in [3.8, 4) is 0 Å². The van der Waals surface area contributed by atoms with Crippen LogP contribution in [-0.2, 0) is 23.8 Å². The molecule has 0 radical (unpaired) electrons. The Labute approximate surface area is 200 Å². The number of carbonyl (C=O) groups excluding carboxylic acids is 3. The number of benzene rings is 1. The van der Waals surface area contributed by atoms with Gasteiger partial charge in [0.05, 0.1) is 15.4 Å². The summed E-state index contributed by atoms with van der Waals surface area (Å²) in [5, 5.41) is 3.12. The SMILES string of the molecule is C[C@@H](CC(=O)c1ncnc2c1CCC(=O)N2)c1ncc(C(=O)Cc2ccc(F)c(C(F)(F)F)c2)s1. The second kappa shape index (κ2) is 9.61. The molecule has 4 rings (SSSR count). The van der Waals surface area contributed by atoms with Crippen molar-refractivity contribution in [2.45, 2.75) is 44.7 Å². The maximum Gasteiger partial charge on any atom is 0.419 e. The van der Waals surface area contributed by atoms with E-state index >= 15 is 0 Å². The molecule has 1 aliphatic rings. The number of Topliss-reactive ketones (excluding diaryl/α,β-unsaturated/α-hetero) is 2.